The smallest absolute Gasteiger partial charge is 0.264 e. The van der Waals surface area contributed by atoms with E-state index in [1.165, 1.54) is 17.0 Å². The van der Waals surface area contributed by atoms with E-state index in [1.54, 1.807) is 61.5 Å². The number of nitrogens with one attached hydrogen (secondary N) is 1. The predicted molar refractivity (Wildman–Crippen MR) is 161 cm³/mol. The summed E-state index contributed by atoms with van der Waals surface area (Å²) in [6.45, 7) is 6.87. The minimum absolute atomic E-state index is 0.0477. The molecule has 40 heavy (non-hydrogen) atoms. The summed E-state index contributed by atoms with van der Waals surface area (Å²) in [5, 5.41) is 3.63. The first-order valence-electron chi connectivity index (χ1n) is 13.2. The van der Waals surface area contributed by atoms with Crippen molar-refractivity contribution >= 4 is 50.7 Å². The molecule has 214 valence electrons. The number of hydrogen-bond acceptors (Lipinski definition) is 4. The van der Waals surface area contributed by atoms with Crippen molar-refractivity contribution in [3.8, 4) is 0 Å². The molecule has 0 unspecified atom stereocenters. The summed E-state index contributed by atoms with van der Waals surface area (Å²) in [5.74, 6) is -0.899. The van der Waals surface area contributed by atoms with Gasteiger partial charge in [0.25, 0.3) is 10.0 Å². The zero-order valence-corrected chi connectivity index (χ0v) is 25.4. The molecular formula is C30H35Cl2N3O4S. The van der Waals surface area contributed by atoms with Gasteiger partial charge in [0.2, 0.25) is 11.8 Å². The Balaban J connectivity index is 2.09. The Morgan fingerprint density at radius 3 is 2.10 bits per heavy atom. The summed E-state index contributed by atoms with van der Waals surface area (Å²) in [7, 11) is -4.13. The maximum atomic E-state index is 14.1. The van der Waals surface area contributed by atoms with Gasteiger partial charge in [-0.3, -0.25) is 13.9 Å². The molecule has 0 aliphatic carbocycles. The second kappa shape index (κ2) is 14.0. The largest absolute Gasteiger partial charge is 0.352 e. The molecule has 0 bridgehead atoms. The van der Waals surface area contributed by atoms with Crippen molar-refractivity contribution in [3.63, 3.8) is 0 Å². The third-order valence-electron chi connectivity index (χ3n) is 6.68. The SMILES string of the molecule is CC[C@@H](C)NC(=O)[C@H](CC)N(Cc1c(Cl)cccc1Cl)C(=O)CN(c1cccc(C)c1)S(=O)(=O)c1ccccc1. The average Bonchev–Trinajstić information content (AvgIpc) is 2.93. The fraction of sp³-hybridized carbons (Fsp3) is 0.333. The Morgan fingerprint density at radius 1 is 0.900 bits per heavy atom. The van der Waals surface area contributed by atoms with Crippen LogP contribution in [0.2, 0.25) is 10.0 Å². The van der Waals surface area contributed by atoms with E-state index < -0.39 is 28.5 Å². The minimum Gasteiger partial charge on any atom is -0.352 e. The molecule has 3 aromatic carbocycles. The van der Waals surface area contributed by atoms with Gasteiger partial charge < -0.3 is 10.2 Å². The molecule has 0 heterocycles. The quantitative estimate of drug-likeness (QED) is 0.266. The summed E-state index contributed by atoms with van der Waals surface area (Å²) in [5.41, 5.74) is 1.64. The number of benzene rings is 3. The van der Waals surface area contributed by atoms with E-state index in [0.717, 1.165) is 9.87 Å². The fourth-order valence-corrected chi connectivity index (χ4v) is 6.19. The van der Waals surface area contributed by atoms with Crippen molar-refractivity contribution in [2.75, 3.05) is 10.8 Å². The van der Waals surface area contributed by atoms with Crippen LogP contribution in [0.5, 0.6) is 0 Å². The summed E-state index contributed by atoms with van der Waals surface area (Å²) < 4.78 is 28.8. The average molecular weight is 605 g/mol. The molecule has 0 spiro atoms. The highest BCUT2D eigenvalue weighted by atomic mass is 35.5. The van der Waals surface area contributed by atoms with Gasteiger partial charge in [-0.15, -0.1) is 0 Å². The van der Waals surface area contributed by atoms with Gasteiger partial charge in [-0.2, -0.15) is 0 Å². The highest BCUT2D eigenvalue weighted by Crippen LogP contribution is 2.29. The lowest BCUT2D eigenvalue weighted by Crippen LogP contribution is -2.53. The summed E-state index contributed by atoms with van der Waals surface area (Å²) in [6.07, 6.45) is 1.01. The van der Waals surface area contributed by atoms with Gasteiger partial charge in [0.1, 0.15) is 12.6 Å². The Labute approximate surface area is 247 Å². The lowest BCUT2D eigenvalue weighted by molar-refractivity contribution is -0.140. The van der Waals surface area contributed by atoms with Crippen LogP contribution in [0.3, 0.4) is 0 Å². The van der Waals surface area contributed by atoms with Crippen LogP contribution in [0.25, 0.3) is 0 Å². The summed E-state index contributed by atoms with van der Waals surface area (Å²) in [6, 6.07) is 18.9. The molecule has 3 aromatic rings. The molecule has 1 N–H and O–H groups in total. The molecule has 3 rings (SSSR count). The number of sulfonamides is 1. The molecule has 0 saturated heterocycles. The number of amides is 2. The van der Waals surface area contributed by atoms with Crippen molar-refractivity contribution in [3.05, 3.63) is 94.0 Å². The number of anilines is 1. The number of aryl methyl sites for hydroxylation is 1. The summed E-state index contributed by atoms with van der Waals surface area (Å²) in [4.78, 5) is 28.9. The van der Waals surface area contributed by atoms with Gasteiger partial charge in [0.05, 0.1) is 10.6 Å². The number of halogens is 2. The van der Waals surface area contributed by atoms with Crippen molar-refractivity contribution in [2.45, 2.75) is 64.1 Å². The Morgan fingerprint density at radius 2 is 1.52 bits per heavy atom. The van der Waals surface area contributed by atoms with E-state index in [0.29, 0.717) is 34.1 Å². The first-order chi connectivity index (χ1) is 19.0. The van der Waals surface area contributed by atoms with Gasteiger partial charge in [0, 0.05) is 28.2 Å². The first kappa shape index (κ1) is 31.5. The van der Waals surface area contributed by atoms with Crippen LogP contribution < -0.4 is 9.62 Å². The third-order valence-corrected chi connectivity index (χ3v) is 9.17. The monoisotopic (exact) mass is 603 g/mol. The highest BCUT2D eigenvalue weighted by molar-refractivity contribution is 7.92. The van der Waals surface area contributed by atoms with Crippen LogP contribution in [0.4, 0.5) is 5.69 Å². The van der Waals surface area contributed by atoms with E-state index in [-0.39, 0.29) is 23.4 Å². The molecule has 0 aromatic heterocycles. The van der Waals surface area contributed by atoms with Crippen molar-refractivity contribution < 1.29 is 18.0 Å². The van der Waals surface area contributed by atoms with Crippen LogP contribution in [0.1, 0.15) is 44.7 Å². The molecule has 10 heteroatoms. The van der Waals surface area contributed by atoms with Gasteiger partial charge in [-0.05, 0) is 68.7 Å². The van der Waals surface area contributed by atoms with E-state index in [4.69, 9.17) is 23.2 Å². The third kappa shape index (κ3) is 7.56. The zero-order chi connectivity index (χ0) is 29.4. The van der Waals surface area contributed by atoms with Crippen molar-refractivity contribution in [1.29, 1.82) is 0 Å². The van der Waals surface area contributed by atoms with Gasteiger partial charge >= 0.3 is 0 Å². The molecule has 0 saturated carbocycles. The Kier molecular flexibility index (Phi) is 11.0. The van der Waals surface area contributed by atoms with E-state index >= 15 is 0 Å². The normalized spacial score (nSPS) is 12.8. The minimum atomic E-state index is -4.13. The lowest BCUT2D eigenvalue weighted by atomic mass is 10.1. The van der Waals surface area contributed by atoms with Gasteiger partial charge in [-0.25, -0.2) is 8.42 Å². The molecule has 2 amide bonds. The highest BCUT2D eigenvalue weighted by Gasteiger charge is 2.34. The van der Waals surface area contributed by atoms with Crippen LogP contribution >= 0.6 is 23.2 Å². The van der Waals surface area contributed by atoms with Gasteiger partial charge in [0.15, 0.2) is 0 Å². The second-order valence-corrected chi connectivity index (χ2v) is 12.3. The van der Waals surface area contributed by atoms with Crippen molar-refractivity contribution in [1.82, 2.24) is 10.2 Å². The number of rotatable bonds is 12. The molecule has 0 aliphatic heterocycles. The first-order valence-corrected chi connectivity index (χ1v) is 15.4. The molecule has 2 atom stereocenters. The van der Waals surface area contributed by atoms with Gasteiger partial charge in [-0.1, -0.05) is 73.4 Å². The molecular weight excluding hydrogens is 569 g/mol. The maximum absolute atomic E-state index is 14.1. The fourth-order valence-electron chi connectivity index (χ4n) is 4.25. The topological polar surface area (TPSA) is 86.8 Å². The predicted octanol–water partition coefficient (Wildman–Crippen LogP) is 6.22. The van der Waals surface area contributed by atoms with E-state index in [9.17, 15) is 18.0 Å². The molecule has 0 aliphatic rings. The Bertz CT molecular complexity index is 1410. The van der Waals surface area contributed by atoms with E-state index in [2.05, 4.69) is 5.32 Å². The van der Waals surface area contributed by atoms with Crippen LogP contribution in [-0.4, -0.2) is 43.8 Å². The van der Waals surface area contributed by atoms with E-state index in [1.807, 2.05) is 26.8 Å². The molecule has 0 radical (unpaired) electrons. The van der Waals surface area contributed by atoms with Crippen LogP contribution in [-0.2, 0) is 26.2 Å². The van der Waals surface area contributed by atoms with Crippen LogP contribution in [0.15, 0.2) is 77.7 Å². The molecule has 7 nitrogen and oxygen atoms in total. The number of nitrogens with zero attached hydrogens (tertiary/aromatic N) is 2. The number of carbonyl (C=O) groups excluding carboxylic acids is 2. The molecule has 0 fully saturated rings. The second-order valence-electron chi connectivity index (χ2n) is 9.63. The number of carbonyl (C=O) groups is 2. The Hall–Kier alpha value is -3.07. The van der Waals surface area contributed by atoms with Crippen molar-refractivity contribution in [2.24, 2.45) is 0 Å². The maximum Gasteiger partial charge on any atom is 0.264 e. The standard InChI is InChI=1S/C30H35Cl2N3O4S/c1-5-22(4)33-30(37)28(6-2)34(19-25-26(31)16-11-17-27(25)32)29(36)20-35(23-13-10-12-21(3)18-23)40(38,39)24-14-8-7-9-15-24/h7-18,22,28H,5-6,19-20H2,1-4H3,(H,33,37)/t22-,28+/m1/s1. The summed E-state index contributed by atoms with van der Waals surface area (Å²) >= 11 is 12.9. The van der Waals surface area contributed by atoms with Crippen LogP contribution in [0, 0.1) is 6.92 Å². The lowest BCUT2D eigenvalue weighted by Gasteiger charge is -2.34. The zero-order valence-electron chi connectivity index (χ0n) is 23.1. The number of hydrogen-bond donors (Lipinski definition) is 1.